The van der Waals surface area contributed by atoms with E-state index in [0.29, 0.717) is 25.4 Å². The summed E-state index contributed by atoms with van der Waals surface area (Å²) in [4.78, 5) is 17.3. The van der Waals surface area contributed by atoms with Gasteiger partial charge in [0.25, 0.3) is 5.91 Å². The van der Waals surface area contributed by atoms with Crippen LogP contribution in [-0.2, 0) is 19.7 Å². The van der Waals surface area contributed by atoms with E-state index in [9.17, 15) is 4.79 Å². The van der Waals surface area contributed by atoms with Crippen molar-refractivity contribution in [3.63, 3.8) is 0 Å². The second-order valence-electron chi connectivity index (χ2n) is 7.18. The smallest absolute Gasteiger partial charge is 0.268 e. The molecule has 4 rings (SSSR count). The van der Waals surface area contributed by atoms with Crippen LogP contribution in [0.5, 0.6) is 5.75 Å². The van der Waals surface area contributed by atoms with Crippen LogP contribution >= 0.6 is 0 Å². The van der Waals surface area contributed by atoms with Gasteiger partial charge in [-0.15, -0.1) is 0 Å². The molecule has 5 heteroatoms. The van der Waals surface area contributed by atoms with Crippen LogP contribution in [-0.4, -0.2) is 15.5 Å². The lowest BCUT2D eigenvalue weighted by Crippen LogP contribution is -2.25. The number of nitrogens with zero attached hydrogens (tertiary/aromatic N) is 2. The summed E-state index contributed by atoms with van der Waals surface area (Å²) >= 11 is 0. The summed E-state index contributed by atoms with van der Waals surface area (Å²) < 4.78 is 8.13. The van der Waals surface area contributed by atoms with E-state index in [1.54, 1.807) is 6.20 Å². The Hall–Kier alpha value is -3.86. The Bertz CT molecular complexity index is 1180. The summed E-state index contributed by atoms with van der Waals surface area (Å²) in [5.41, 5.74) is 3.48. The van der Waals surface area contributed by atoms with Gasteiger partial charge in [-0.1, -0.05) is 54.6 Å². The van der Waals surface area contributed by atoms with Crippen LogP contribution in [0.25, 0.3) is 10.9 Å². The number of aromatic nitrogens is 2. The second-order valence-corrected chi connectivity index (χ2v) is 7.18. The molecule has 0 saturated carbocycles. The van der Waals surface area contributed by atoms with Crippen LogP contribution in [0, 0.1) is 0 Å². The summed E-state index contributed by atoms with van der Waals surface area (Å²) in [5.74, 6) is 0.625. The molecule has 0 radical (unpaired) electrons. The Labute approximate surface area is 182 Å². The molecule has 1 amide bonds. The number of ether oxygens (including phenoxy) is 1. The highest BCUT2D eigenvalue weighted by atomic mass is 16.5. The van der Waals surface area contributed by atoms with Crippen molar-refractivity contribution in [1.82, 2.24) is 14.9 Å². The molecular formula is C26H25N3O2. The maximum absolute atomic E-state index is 13.0. The standard InChI is InChI=1S/C26H25N3O2/c1-2-3-16-29-23-13-9-14-25(31-19-20-10-5-4-6-11-20)22(23)17-24(29)26(30)28-18-21-12-7-8-15-27-21/h2-15,17H,16,18-19H2,1H3,(H,28,30)/b3-2-. The second kappa shape index (κ2) is 9.76. The number of rotatable bonds is 8. The van der Waals surface area contributed by atoms with Crippen LogP contribution < -0.4 is 10.1 Å². The minimum Gasteiger partial charge on any atom is -0.488 e. The van der Waals surface area contributed by atoms with E-state index >= 15 is 0 Å². The molecule has 0 aliphatic carbocycles. The van der Waals surface area contributed by atoms with Gasteiger partial charge in [-0.3, -0.25) is 9.78 Å². The molecule has 0 bridgehead atoms. The molecule has 31 heavy (non-hydrogen) atoms. The van der Waals surface area contributed by atoms with Gasteiger partial charge in [0, 0.05) is 18.1 Å². The van der Waals surface area contributed by atoms with Crippen molar-refractivity contribution in [3.8, 4) is 5.75 Å². The fourth-order valence-corrected chi connectivity index (χ4v) is 3.48. The van der Waals surface area contributed by atoms with Crippen LogP contribution in [0.3, 0.4) is 0 Å². The van der Waals surface area contributed by atoms with Crippen molar-refractivity contribution in [1.29, 1.82) is 0 Å². The highest BCUT2D eigenvalue weighted by molar-refractivity contribution is 6.00. The number of amides is 1. The Morgan fingerprint density at radius 1 is 1.06 bits per heavy atom. The maximum atomic E-state index is 13.0. The highest BCUT2D eigenvalue weighted by Gasteiger charge is 2.17. The van der Waals surface area contributed by atoms with Gasteiger partial charge >= 0.3 is 0 Å². The number of carbonyl (C=O) groups is 1. The van der Waals surface area contributed by atoms with Crippen LogP contribution in [0.1, 0.15) is 28.7 Å². The topological polar surface area (TPSA) is 56.2 Å². The number of hydrogen-bond acceptors (Lipinski definition) is 3. The van der Waals surface area contributed by atoms with Crippen molar-refractivity contribution in [2.75, 3.05) is 0 Å². The average Bonchev–Trinajstić information content (AvgIpc) is 3.20. The Kier molecular flexibility index (Phi) is 6.43. The normalized spacial score (nSPS) is 11.1. The quantitative estimate of drug-likeness (QED) is 0.409. The Balaban J connectivity index is 1.62. The summed E-state index contributed by atoms with van der Waals surface area (Å²) in [6.45, 7) is 3.43. The molecule has 0 atom stereocenters. The summed E-state index contributed by atoms with van der Waals surface area (Å²) in [5, 5.41) is 3.91. The van der Waals surface area contributed by atoms with Crippen LogP contribution in [0.15, 0.2) is 91.1 Å². The van der Waals surface area contributed by atoms with E-state index in [0.717, 1.165) is 27.9 Å². The van der Waals surface area contributed by atoms with Crippen molar-refractivity contribution in [2.24, 2.45) is 0 Å². The Morgan fingerprint density at radius 2 is 1.90 bits per heavy atom. The zero-order valence-electron chi connectivity index (χ0n) is 17.5. The van der Waals surface area contributed by atoms with Crippen LogP contribution in [0.4, 0.5) is 0 Å². The van der Waals surface area contributed by atoms with E-state index in [2.05, 4.69) is 10.3 Å². The van der Waals surface area contributed by atoms with Gasteiger partial charge in [0.1, 0.15) is 18.1 Å². The monoisotopic (exact) mass is 411 g/mol. The molecule has 0 saturated heterocycles. The number of hydrogen-bond donors (Lipinski definition) is 1. The molecule has 1 N–H and O–H groups in total. The molecule has 0 spiro atoms. The molecule has 0 unspecified atom stereocenters. The highest BCUT2D eigenvalue weighted by Crippen LogP contribution is 2.30. The van der Waals surface area contributed by atoms with Crippen molar-refractivity contribution in [2.45, 2.75) is 26.6 Å². The maximum Gasteiger partial charge on any atom is 0.268 e. The van der Waals surface area contributed by atoms with Gasteiger partial charge in [-0.25, -0.2) is 0 Å². The van der Waals surface area contributed by atoms with Gasteiger partial charge in [-0.05, 0) is 42.8 Å². The number of carbonyl (C=O) groups excluding carboxylic acids is 1. The van der Waals surface area contributed by atoms with Crippen molar-refractivity contribution in [3.05, 3.63) is 108 Å². The SMILES string of the molecule is C/C=C\Cn1c(C(=O)NCc2ccccn2)cc2c(OCc3ccccc3)cccc21. The average molecular weight is 412 g/mol. The van der Waals surface area contributed by atoms with Gasteiger partial charge < -0.3 is 14.6 Å². The number of nitrogens with one attached hydrogen (secondary N) is 1. The van der Waals surface area contributed by atoms with Crippen LogP contribution in [0.2, 0.25) is 0 Å². The molecule has 2 aromatic carbocycles. The zero-order valence-corrected chi connectivity index (χ0v) is 17.5. The zero-order chi connectivity index (χ0) is 21.5. The Morgan fingerprint density at radius 3 is 2.68 bits per heavy atom. The molecule has 5 nitrogen and oxygen atoms in total. The molecule has 0 fully saturated rings. The van der Waals surface area contributed by atoms with E-state index in [1.807, 2.05) is 96.4 Å². The molecule has 0 aliphatic heterocycles. The molecule has 2 aromatic heterocycles. The summed E-state index contributed by atoms with van der Waals surface area (Å²) in [6.07, 6.45) is 5.74. The molecule has 156 valence electrons. The predicted octanol–water partition coefficient (Wildman–Crippen LogP) is 5.12. The van der Waals surface area contributed by atoms with Gasteiger partial charge in [-0.2, -0.15) is 0 Å². The van der Waals surface area contributed by atoms with Crippen molar-refractivity contribution >= 4 is 16.8 Å². The lowest BCUT2D eigenvalue weighted by Gasteiger charge is -2.10. The summed E-state index contributed by atoms with van der Waals surface area (Å²) in [6, 6.07) is 23.6. The van der Waals surface area contributed by atoms with E-state index < -0.39 is 0 Å². The first-order valence-corrected chi connectivity index (χ1v) is 10.3. The number of fused-ring (bicyclic) bond motifs is 1. The van der Waals surface area contributed by atoms with E-state index in [4.69, 9.17) is 4.74 Å². The first-order chi connectivity index (χ1) is 15.3. The third-order valence-corrected chi connectivity index (χ3v) is 5.06. The van der Waals surface area contributed by atoms with Gasteiger partial charge in [0.15, 0.2) is 0 Å². The lowest BCUT2D eigenvalue weighted by atomic mass is 10.2. The molecule has 4 aromatic rings. The van der Waals surface area contributed by atoms with Gasteiger partial charge in [0.05, 0.1) is 17.8 Å². The van der Waals surface area contributed by atoms with Gasteiger partial charge in [0.2, 0.25) is 0 Å². The van der Waals surface area contributed by atoms with E-state index in [-0.39, 0.29) is 5.91 Å². The first kappa shape index (κ1) is 20.4. The van der Waals surface area contributed by atoms with E-state index in [1.165, 1.54) is 0 Å². The van der Waals surface area contributed by atoms with Crippen molar-refractivity contribution < 1.29 is 9.53 Å². The fraction of sp³-hybridized carbons (Fsp3) is 0.154. The molecular weight excluding hydrogens is 386 g/mol. The fourth-order valence-electron chi connectivity index (χ4n) is 3.48. The first-order valence-electron chi connectivity index (χ1n) is 10.3. The number of pyridine rings is 1. The largest absolute Gasteiger partial charge is 0.488 e. The third-order valence-electron chi connectivity index (χ3n) is 5.06. The number of allylic oxidation sites excluding steroid dienone is 2. The summed E-state index contributed by atoms with van der Waals surface area (Å²) in [7, 11) is 0. The predicted molar refractivity (Wildman–Crippen MR) is 123 cm³/mol. The lowest BCUT2D eigenvalue weighted by molar-refractivity contribution is 0.0942. The molecule has 2 heterocycles. The molecule has 0 aliphatic rings. The minimum atomic E-state index is -0.139. The number of benzene rings is 2. The third kappa shape index (κ3) is 4.83. The minimum absolute atomic E-state index is 0.139.